The first-order chi connectivity index (χ1) is 8.36. The van der Waals surface area contributed by atoms with E-state index in [0.717, 1.165) is 11.8 Å². The maximum absolute atomic E-state index is 13.6. The van der Waals surface area contributed by atoms with Crippen LogP contribution in [0.5, 0.6) is 0 Å². The molecule has 18 heavy (non-hydrogen) atoms. The zero-order chi connectivity index (χ0) is 13.8. The summed E-state index contributed by atoms with van der Waals surface area (Å²) in [5, 5.41) is 0. The molecule has 0 spiro atoms. The van der Waals surface area contributed by atoms with E-state index in [9.17, 15) is 12.8 Å². The lowest BCUT2D eigenvalue weighted by molar-refractivity contribution is 0.545. The molecule has 0 aliphatic heterocycles. The number of hydrogen-bond acceptors (Lipinski definition) is 3. The van der Waals surface area contributed by atoms with Crippen molar-refractivity contribution in [2.75, 3.05) is 18.6 Å². The highest BCUT2D eigenvalue weighted by Crippen LogP contribution is 2.19. The normalized spacial score (nSPS) is 13.6. The Morgan fingerprint density at radius 2 is 2.17 bits per heavy atom. The Hall–Kier alpha value is -0.110. The quantitative estimate of drug-likeness (QED) is 0.853. The largest absolute Gasteiger partial charge is 0.243 e. The molecule has 0 fully saturated rings. The zero-order valence-corrected chi connectivity index (χ0v) is 13.3. The average molecular weight is 356 g/mol. The van der Waals surface area contributed by atoms with Crippen molar-refractivity contribution in [3.8, 4) is 0 Å². The predicted octanol–water partition coefficient (Wildman–Crippen LogP) is 2.87. The number of sulfonamides is 1. The van der Waals surface area contributed by atoms with Gasteiger partial charge in [0.25, 0.3) is 0 Å². The fourth-order valence-electron chi connectivity index (χ4n) is 1.37. The van der Waals surface area contributed by atoms with E-state index in [4.69, 9.17) is 0 Å². The van der Waals surface area contributed by atoms with Crippen LogP contribution in [0.2, 0.25) is 0 Å². The van der Waals surface area contributed by atoms with Gasteiger partial charge in [-0.3, -0.25) is 0 Å². The lowest BCUT2D eigenvalue weighted by atomic mass is 10.2. The van der Waals surface area contributed by atoms with Gasteiger partial charge in [-0.05, 0) is 36.1 Å². The number of benzene rings is 1. The maximum atomic E-state index is 13.6. The van der Waals surface area contributed by atoms with Crippen LogP contribution in [0.25, 0.3) is 0 Å². The van der Waals surface area contributed by atoms with Crippen molar-refractivity contribution in [2.24, 2.45) is 5.92 Å². The van der Waals surface area contributed by atoms with Crippen molar-refractivity contribution < 1.29 is 12.8 Å². The fraction of sp³-hybridized carbons (Fsp3) is 0.455. The van der Waals surface area contributed by atoms with Gasteiger partial charge in [0.1, 0.15) is 10.7 Å². The summed E-state index contributed by atoms with van der Waals surface area (Å²) >= 11 is 4.73. The minimum absolute atomic E-state index is 0.202. The second-order valence-electron chi connectivity index (χ2n) is 3.99. The third-order valence-corrected chi connectivity index (χ3v) is 5.11. The molecule has 1 rings (SSSR count). The summed E-state index contributed by atoms with van der Waals surface area (Å²) in [6.07, 6.45) is 1.96. The minimum Gasteiger partial charge on any atom is -0.211 e. The number of nitrogens with one attached hydrogen (secondary N) is 1. The number of rotatable bonds is 6. The molecule has 1 unspecified atom stereocenters. The van der Waals surface area contributed by atoms with Crippen LogP contribution in [0.4, 0.5) is 4.39 Å². The van der Waals surface area contributed by atoms with Crippen molar-refractivity contribution in [2.45, 2.75) is 11.8 Å². The molecule has 102 valence electrons. The van der Waals surface area contributed by atoms with Gasteiger partial charge in [-0.2, -0.15) is 11.8 Å². The van der Waals surface area contributed by atoms with Gasteiger partial charge < -0.3 is 0 Å². The molecular formula is C11H15BrFNO2S2. The molecule has 1 aromatic rings. The van der Waals surface area contributed by atoms with Crippen LogP contribution < -0.4 is 4.72 Å². The van der Waals surface area contributed by atoms with Crippen LogP contribution in [-0.2, 0) is 10.0 Å². The van der Waals surface area contributed by atoms with E-state index in [2.05, 4.69) is 20.7 Å². The highest BCUT2D eigenvalue weighted by atomic mass is 79.9. The molecule has 0 radical (unpaired) electrons. The summed E-state index contributed by atoms with van der Waals surface area (Å²) in [6, 6.07) is 3.89. The van der Waals surface area contributed by atoms with E-state index in [-0.39, 0.29) is 10.8 Å². The Kier molecular flexibility index (Phi) is 6.10. The van der Waals surface area contributed by atoms with Crippen molar-refractivity contribution in [3.63, 3.8) is 0 Å². The van der Waals surface area contributed by atoms with E-state index < -0.39 is 15.8 Å². The molecule has 1 atom stereocenters. The van der Waals surface area contributed by atoms with Gasteiger partial charge in [0.15, 0.2) is 0 Å². The molecule has 7 heteroatoms. The third kappa shape index (κ3) is 4.53. The first kappa shape index (κ1) is 15.9. The summed E-state index contributed by atoms with van der Waals surface area (Å²) in [4.78, 5) is -0.318. The molecule has 0 heterocycles. The lowest BCUT2D eigenvalue weighted by Gasteiger charge is -2.12. The molecule has 1 N–H and O–H groups in total. The Bertz CT molecular complexity index is 508. The molecule has 0 bridgehead atoms. The van der Waals surface area contributed by atoms with Crippen LogP contribution in [0.15, 0.2) is 27.6 Å². The summed E-state index contributed by atoms with van der Waals surface area (Å²) in [5.41, 5.74) is 0. The topological polar surface area (TPSA) is 46.2 Å². The molecule has 0 aliphatic carbocycles. The molecule has 3 nitrogen and oxygen atoms in total. The first-order valence-corrected chi connectivity index (χ1v) is 8.97. The van der Waals surface area contributed by atoms with Gasteiger partial charge in [-0.1, -0.05) is 22.9 Å². The second-order valence-corrected chi connectivity index (χ2v) is 7.55. The van der Waals surface area contributed by atoms with Gasteiger partial charge in [0, 0.05) is 11.0 Å². The van der Waals surface area contributed by atoms with Crippen LogP contribution in [0, 0.1) is 11.7 Å². The molecule has 1 aromatic carbocycles. The molecule has 0 saturated carbocycles. The van der Waals surface area contributed by atoms with Gasteiger partial charge in [-0.25, -0.2) is 17.5 Å². The molecule has 0 saturated heterocycles. The van der Waals surface area contributed by atoms with Crippen LogP contribution in [0.1, 0.15) is 6.92 Å². The highest BCUT2D eigenvalue weighted by Gasteiger charge is 2.19. The van der Waals surface area contributed by atoms with Crippen molar-refractivity contribution in [1.82, 2.24) is 4.72 Å². The van der Waals surface area contributed by atoms with Crippen molar-refractivity contribution in [3.05, 3.63) is 28.5 Å². The van der Waals surface area contributed by atoms with Crippen LogP contribution in [-0.4, -0.2) is 27.0 Å². The Morgan fingerprint density at radius 1 is 1.50 bits per heavy atom. The van der Waals surface area contributed by atoms with Crippen molar-refractivity contribution >= 4 is 37.7 Å². The number of halogens is 2. The van der Waals surface area contributed by atoms with Gasteiger partial charge in [0.2, 0.25) is 10.0 Å². The average Bonchev–Trinajstić information content (AvgIpc) is 2.26. The minimum atomic E-state index is -3.78. The summed E-state index contributed by atoms with van der Waals surface area (Å²) in [6.45, 7) is 2.25. The lowest BCUT2D eigenvalue weighted by Crippen LogP contribution is -2.29. The zero-order valence-electron chi connectivity index (χ0n) is 10.1. The Balaban J connectivity index is 2.80. The smallest absolute Gasteiger partial charge is 0.211 e. The second kappa shape index (κ2) is 6.88. The molecule has 0 aromatic heterocycles. The monoisotopic (exact) mass is 355 g/mol. The number of thioether (sulfide) groups is 1. The Labute approximate surface area is 120 Å². The maximum Gasteiger partial charge on any atom is 0.243 e. The fourth-order valence-corrected chi connectivity index (χ4v) is 3.61. The van der Waals surface area contributed by atoms with Gasteiger partial charge >= 0.3 is 0 Å². The van der Waals surface area contributed by atoms with E-state index in [0.29, 0.717) is 11.0 Å². The number of hydrogen-bond donors (Lipinski definition) is 1. The van der Waals surface area contributed by atoms with E-state index >= 15 is 0 Å². The van der Waals surface area contributed by atoms with E-state index in [1.165, 1.54) is 12.1 Å². The SMILES string of the molecule is CSCC(C)CNS(=O)(=O)c1ccc(Br)cc1F. The van der Waals surface area contributed by atoms with Crippen molar-refractivity contribution in [1.29, 1.82) is 0 Å². The third-order valence-electron chi connectivity index (χ3n) is 2.26. The predicted molar refractivity (Wildman–Crippen MR) is 76.8 cm³/mol. The first-order valence-electron chi connectivity index (χ1n) is 5.30. The summed E-state index contributed by atoms with van der Waals surface area (Å²) in [7, 11) is -3.78. The Morgan fingerprint density at radius 3 is 2.72 bits per heavy atom. The van der Waals surface area contributed by atoms with Crippen LogP contribution >= 0.6 is 27.7 Å². The van der Waals surface area contributed by atoms with E-state index in [1.807, 2.05) is 13.2 Å². The van der Waals surface area contributed by atoms with Gasteiger partial charge in [-0.15, -0.1) is 0 Å². The standard InChI is InChI=1S/C11H15BrFNO2S2/c1-8(7-17-2)6-14-18(15,16)11-4-3-9(12)5-10(11)13/h3-5,8,14H,6-7H2,1-2H3. The van der Waals surface area contributed by atoms with Crippen LogP contribution in [0.3, 0.4) is 0 Å². The summed E-state index contributed by atoms with van der Waals surface area (Å²) < 4.78 is 40.3. The summed E-state index contributed by atoms with van der Waals surface area (Å²) in [5.74, 6) is 0.299. The molecule has 0 aliphatic rings. The van der Waals surface area contributed by atoms with E-state index in [1.54, 1.807) is 11.8 Å². The van der Waals surface area contributed by atoms with Gasteiger partial charge in [0.05, 0.1) is 0 Å². The molecule has 0 amide bonds. The molecular weight excluding hydrogens is 341 g/mol. The highest BCUT2D eigenvalue weighted by molar-refractivity contribution is 9.10.